The van der Waals surface area contributed by atoms with Crippen LogP contribution in [0.1, 0.15) is 31.4 Å². The summed E-state index contributed by atoms with van der Waals surface area (Å²) in [5.41, 5.74) is 7.48. The van der Waals surface area contributed by atoms with Crippen LogP contribution >= 0.6 is 22.6 Å². The van der Waals surface area contributed by atoms with E-state index in [-0.39, 0.29) is 17.7 Å². The molecule has 0 unspecified atom stereocenters. The average molecular weight is 655 g/mol. The van der Waals surface area contributed by atoms with E-state index in [2.05, 4.69) is 27.9 Å². The van der Waals surface area contributed by atoms with Gasteiger partial charge in [-0.25, -0.2) is 0 Å². The summed E-state index contributed by atoms with van der Waals surface area (Å²) in [5, 5.41) is 4.85. The number of fused-ring (bicyclic) bond motifs is 1. The molecule has 0 aliphatic heterocycles. The minimum atomic E-state index is -0.821. The SMILES string of the molecule is CNC(=O)[C@@H](Cc1ccc(I)cc1)N(C)C(=O)[C@@H](Cc1ccc2ccccc2c1)N(C)C(=O)C=CCC(C)(C)N. The Hall–Kier alpha value is -3.24. The number of rotatable bonds is 11. The highest BCUT2D eigenvalue weighted by Crippen LogP contribution is 2.20. The van der Waals surface area contributed by atoms with E-state index >= 15 is 0 Å². The molecule has 0 fully saturated rings. The third-order valence-electron chi connectivity index (χ3n) is 6.95. The molecule has 0 spiro atoms. The van der Waals surface area contributed by atoms with E-state index in [0.29, 0.717) is 19.3 Å². The minimum absolute atomic E-state index is 0.266. The Morgan fingerprint density at radius 2 is 1.50 bits per heavy atom. The Kier molecular flexibility index (Phi) is 10.9. The summed E-state index contributed by atoms with van der Waals surface area (Å²) in [6.45, 7) is 3.78. The number of hydrogen-bond donors (Lipinski definition) is 2. The second-order valence-electron chi connectivity index (χ2n) is 10.9. The average Bonchev–Trinajstić information content (AvgIpc) is 2.93. The summed E-state index contributed by atoms with van der Waals surface area (Å²) in [5.74, 6) is -0.875. The Bertz CT molecular complexity index is 1360. The van der Waals surface area contributed by atoms with Gasteiger partial charge in [0.15, 0.2) is 0 Å². The van der Waals surface area contributed by atoms with Crippen molar-refractivity contribution in [2.45, 2.75) is 50.7 Å². The van der Waals surface area contributed by atoms with Crippen LogP contribution in [0, 0.1) is 3.57 Å². The molecule has 3 amide bonds. The van der Waals surface area contributed by atoms with E-state index < -0.39 is 17.6 Å². The molecule has 3 N–H and O–H groups in total. The highest BCUT2D eigenvalue weighted by atomic mass is 127. The van der Waals surface area contributed by atoms with Crippen molar-refractivity contribution in [2.75, 3.05) is 21.1 Å². The van der Waals surface area contributed by atoms with Gasteiger partial charge in [-0.1, -0.05) is 60.7 Å². The molecule has 7 nitrogen and oxygen atoms in total. The van der Waals surface area contributed by atoms with Gasteiger partial charge in [-0.15, -0.1) is 0 Å². The molecule has 0 aliphatic rings. The van der Waals surface area contributed by atoms with Gasteiger partial charge in [0.25, 0.3) is 0 Å². The third kappa shape index (κ3) is 8.63. The van der Waals surface area contributed by atoms with E-state index in [1.165, 1.54) is 15.9 Å². The molecule has 0 aromatic heterocycles. The lowest BCUT2D eigenvalue weighted by Crippen LogP contribution is -2.55. The van der Waals surface area contributed by atoms with Gasteiger partial charge in [0.2, 0.25) is 17.7 Å². The molecule has 212 valence electrons. The molecule has 0 bridgehead atoms. The second-order valence-corrected chi connectivity index (χ2v) is 12.1. The Labute approximate surface area is 250 Å². The van der Waals surface area contributed by atoms with Crippen molar-refractivity contribution in [2.24, 2.45) is 5.73 Å². The maximum atomic E-state index is 14.1. The molecule has 3 aromatic carbocycles. The summed E-state index contributed by atoms with van der Waals surface area (Å²) < 4.78 is 1.09. The van der Waals surface area contributed by atoms with Crippen molar-refractivity contribution < 1.29 is 14.4 Å². The summed E-state index contributed by atoms with van der Waals surface area (Å²) in [6, 6.07) is 20.4. The molecule has 3 rings (SSSR count). The maximum Gasteiger partial charge on any atom is 0.246 e. The molecule has 2 atom stereocenters. The van der Waals surface area contributed by atoms with E-state index in [0.717, 1.165) is 25.5 Å². The number of carbonyl (C=O) groups excluding carboxylic acids is 3. The quantitative estimate of drug-likeness (QED) is 0.238. The van der Waals surface area contributed by atoms with E-state index in [1.54, 1.807) is 27.2 Å². The van der Waals surface area contributed by atoms with Crippen LogP contribution in [0.25, 0.3) is 10.8 Å². The first-order chi connectivity index (χ1) is 18.9. The van der Waals surface area contributed by atoms with Gasteiger partial charge in [0.05, 0.1) is 0 Å². The summed E-state index contributed by atoms with van der Waals surface area (Å²) in [7, 11) is 4.83. The van der Waals surface area contributed by atoms with Gasteiger partial charge in [-0.3, -0.25) is 14.4 Å². The Balaban J connectivity index is 1.93. The molecule has 3 aromatic rings. The first-order valence-electron chi connectivity index (χ1n) is 13.3. The van der Waals surface area contributed by atoms with Crippen LogP contribution in [0.3, 0.4) is 0 Å². The predicted molar refractivity (Wildman–Crippen MR) is 170 cm³/mol. The van der Waals surface area contributed by atoms with Crippen LogP contribution in [0.2, 0.25) is 0 Å². The van der Waals surface area contributed by atoms with Gasteiger partial charge in [-0.05, 0) is 83.0 Å². The first-order valence-corrected chi connectivity index (χ1v) is 14.4. The lowest BCUT2D eigenvalue weighted by molar-refractivity contribution is -0.146. The zero-order chi connectivity index (χ0) is 29.4. The van der Waals surface area contributed by atoms with Crippen molar-refractivity contribution in [3.05, 3.63) is 93.6 Å². The van der Waals surface area contributed by atoms with E-state index in [9.17, 15) is 14.4 Å². The number of amides is 3. The van der Waals surface area contributed by atoms with Gasteiger partial charge in [0.1, 0.15) is 12.1 Å². The number of hydrogen-bond acceptors (Lipinski definition) is 4. The molecule has 0 saturated carbocycles. The van der Waals surface area contributed by atoms with Gasteiger partial charge in [-0.2, -0.15) is 0 Å². The fourth-order valence-electron chi connectivity index (χ4n) is 4.52. The molecule has 8 heteroatoms. The topological polar surface area (TPSA) is 95.7 Å². The third-order valence-corrected chi connectivity index (χ3v) is 7.67. The second kappa shape index (κ2) is 13.9. The van der Waals surface area contributed by atoms with E-state index in [4.69, 9.17) is 5.73 Å². The smallest absolute Gasteiger partial charge is 0.246 e. The fraction of sp³-hybridized carbons (Fsp3) is 0.344. The molecular weight excluding hydrogens is 615 g/mol. The largest absolute Gasteiger partial charge is 0.357 e. The van der Waals surface area contributed by atoms with Gasteiger partial charge < -0.3 is 20.9 Å². The first kappa shape index (κ1) is 31.3. The highest BCUT2D eigenvalue weighted by Gasteiger charge is 2.34. The van der Waals surface area contributed by atoms with Crippen LogP contribution in [-0.4, -0.2) is 66.3 Å². The standard InChI is InChI=1S/C32H39IN4O3/c1-32(2,34)18-8-11-29(38)36(4)28(21-23-12-15-24-9-6-7-10-25(24)19-23)31(40)37(5)27(30(39)35-3)20-22-13-16-26(33)17-14-22/h6-17,19,27-28H,18,20-21,34H2,1-5H3,(H,35,39)/t27-,28-/m1/s1. The zero-order valence-corrected chi connectivity index (χ0v) is 26.0. The highest BCUT2D eigenvalue weighted by molar-refractivity contribution is 14.1. The number of nitrogens with zero attached hydrogens (tertiary/aromatic N) is 2. The lowest BCUT2D eigenvalue weighted by Gasteiger charge is -2.34. The molecule has 0 radical (unpaired) electrons. The van der Waals surface area contributed by atoms with Crippen molar-refractivity contribution >= 4 is 51.1 Å². The minimum Gasteiger partial charge on any atom is -0.357 e. The van der Waals surface area contributed by atoms with Crippen molar-refractivity contribution in [3.63, 3.8) is 0 Å². The normalized spacial score (nSPS) is 13.2. The molecule has 0 aliphatic carbocycles. The maximum absolute atomic E-state index is 14.1. The van der Waals surface area contributed by atoms with Crippen LogP contribution < -0.4 is 11.1 Å². The Morgan fingerprint density at radius 1 is 0.900 bits per heavy atom. The number of likely N-dealkylation sites (N-methyl/N-ethyl adjacent to an activating group) is 3. The van der Waals surface area contributed by atoms with Gasteiger partial charge >= 0.3 is 0 Å². The Morgan fingerprint density at radius 3 is 2.12 bits per heavy atom. The van der Waals surface area contributed by atoms with Crippen LogP contribution in [0.4, 0.5) is 0 Å². The monoisotopic (exact) mass is 654 g/mol. The lowest BCUT2D eigenvalue weighted by atomic mass is 9.98. The number of halogens is 1. The van der Waals surface area contributed by atoms with Crippen molar-refractivity contribution in [1.82, 2.24) is 15.1 Å². The van der Waals surface area contributed by atoms with Gasteiger partial charge in [0, 0.05) is 43.1 Å². The molecule has 0 saturated heterocycles. The van der Waals surface area contributed by atoms with Crippen molar-refractivity contribution in [1.29, 1.82) is 0 Å². The summed E-state index contributed by atoms with van der Waals surface area (Å²) >= 11 is 2.23. The van der Waals surface area contributed by atoms with Crippen LogP contribution in [0.15, 0.2) is 78.9 Å². The number of nitrogens with two attached hydrogens (primary N) is 1. The summed E-state index contributed by atoms with van der Waals surface area (Å²) in [6.07, 6.45) is 4.38. The molecular formula is C32H39IN4O3. The number of nitrogens with one attached hydrogen (secondary N) is 1. The molecule has 0 heterocycles. The number of carbonyl (C=O) groups is 3. The fourth-order valence-corrected chi connectivity index (χ4v) is 4.88. The van der Waals surface area contributed by atoms with E-state index in [1.807, 2.05) is 80.6 Å². The van der Waals surface area contributed by atoms with Crippen LogP contribution in [-0.2, 0) is 27.2 Å². The zero-order valence-electron chi connectivity index (χ0n) is 23.9. The number of benzene rings is 3. The van der Waals surface area contributed by atoms with Crippen LogP contribution in [0.5, 0.6) is 0 Å². The van der Waals surface area contributed by atoms with Crippen molar-refractivity contribution in [3.8, 4) is 0 Å². The molecule has 40 heavy (non-hydrogen) atoms. The predicted octanol–water partition coefficient (Wildman–Crippen LogP) is 4.31. The summed E-state index contributed by atoms with van der Waals surface area (Å²) in [4.78, 5) is 43.2.